The second-order valence-electron chi connectivity index (χ2n) is 3.68. The summed E-state index contributed by atoms with van der Waals surface area (Å²) in [5.74, 6) is 0. The van der Waals surface area contributed by atoms with Crippen molar-refractivity contribution in [1.29, 1.82) is 0 Å². The van der Waals surface area contributed by atoms with Crippen molar-refractivity contribution in [1.82, 2.24) is 4.98 Å². The Morgan fingerprint density at radius 1 is 1.44 bits per heavy atom. The van der Waals surface area contributed by atoms with Gasteiger partial charge in [0.05, 0.1) is 6.61 Å². The molecule has 16 heavy (non-hydrogen) atoms. The maximum absolute atomic E-state index is 8.91. The quantitative estimate of drug-likeness (QED) is 0.858. The Balaban J connectivity index is 2.27. The van der Waals surface area contributed by atoms with Gasteiger partial charge in [0.2, 0.25) is 0 Å². The van der Waals surface area contributed by atoms with Crippen molar-refractivity contribution in [2.45, 2.75) is 13.5 Å². The molecule has 0 atom stereocenters. The van der Waals surface area contributed by atoms with Gasteiger partial charge < -0.3 is 9.52 Å². The van der Waals surface area contributed by atoms with Gasteiger partial charge >= 0.3 is 6.01 Å². The fraction of sp³-hybridized carbons (Fsp3) is 0.250. The second-order valence-corrected chi connectivity index (χ2v) is 3.68. The van der Waals surface area contributed by atoms with Gasteiger partial charge in [-0.15, -0.1) is 0 Å². The molecule has 0 saturated carbocycles. The summed E-state index contributed by atoms with van der Waals surface area (Å²) in [6.07, 6.45) is 1.46. The highest BCUT2D eigenvalue weighted by Gasteiger charge is 2.10. The van der Waals surface area contributed by atoms with Crippen LogP contribution in [0.4, 0.5) is 11.7 Å². The number of hydrogen-bond acceptors (Lipinski definition) is 4. The molecule has 0 aliphatic carbocycles. The summed E-state index contributed by atoms with van der Waals surface area (Å²) in [4.78, 5) is 5.98. The largest absolute Gasteiger partial charge is 0.431 e. The van der Waals surface area contributed by atoms with Gasteiger partial charge in [-0.2, -0.15) is 4.98 Å². The molecule has 1 aromatic heterocycles. The van der Waals surface area contributed by atoms with E-state index in [4.69, 9.17) is 9.52 Å². The highest BCUT2D eigenvalue weighted by molar-refractivity contribution is 5.56. The van der Waals surface area contributed by atoms with Crippen LogP contribution in [0.5, 0.6) is 0 Å². The molecule has 0 aliphatic rings. The first-order valence-corrected chi connectivity index (χ1v) is 5.06. The zero-order chi connectivity index (χ0) is 11.5. The molecular weight excluding hydrogens is 204 g/mol. The Hall–Kier alpha value is -1.81. The first kappa shape index (κ1) is 10.7. The third-order valence-corrected chi connectivity index (χ3v) is 2.38. The van der Waals surface area contributed by atoms with Gasteiger partial charge in [0.25, 0.3) is 0 Å². The van der Waals surface area contributed by atoms with Crippen LogP contribution in [0, 0.1) is 6.92 Å². The second kappa shape index (κ2) is 4.37. The lowest BCUT2D eigenvalue weighted by molar-refractivity contribution is 0.276. The van der Waals surface area contributed by atoms with E-state index < -0.39 is 0 Å². The molecular formula is C12H14N2O2. The molecule has 1 N–H and O–H groups in total. The monoisotopic (exact) mass is 218 g/mol. The molecule has 2 aromatic rings. The van der Waals surface area contributed by atoms with Crippen LogP contribution in [0.1, 0.15) is 11.3 Å². The van der Waals surface area contributed by atoms with Crippen molar-refractivity contribution >= 4 is 11.7 Å². The van der Waals surface area contributed by atoms with Crippen LogP contribution in [0.3, 0.4) is 0 Å². The van der Waals surface area contributed by atoms with E-state index in [0.29, 0.717) is 11.7 Å². The minimum atomic E-state index is -0.106. The summed E-state index contributed by atoms with van der Waals surface area (Å²) in [6, 6.07) is 8.52. The lowest BCUT2D eigenvalue weighted by Gasteiger charge is -2.14. The molecule has 0 saturated heterocycles. The van der Waals surface area contributed by atoms with Crippen LogP contribution < -0.4 is 4.90 Å². The predicted octanol–water partition coefficient (Wildman–Crippen LogP) is 2.24. The Morgan fingerprint density at radius 3 is 2.88 bits per heavy atom. The van der Waals surface area contributed by atoms with Crippen LogP contribution in [0.15, 0.2) is 34.9 Å². The molecule has 1 aromatic carbocycles. The van der Waals surface area contributed by atoms with Crippen molar-refractivity contribution < 1.29 is 9.52 Å². The highest BCUT2D eigenvalue weighted by Crippen LogP contribution is 2.23. The molecule has 84 valence electrons. The van der Waals surface area contributed by atoms with Gasteiger partial charge in [-0.1, -0.05) is 12.1 Å². The van der Waals surface area contributed by atoms with Crippen LogP contribution in [0.2, 0.25) is 0 Å². The van der Waals surface area contributed by atoms with Crippen LogP contribution in [0.25, 0.3) is 0 Å². The van der Waals surface area contributed by atoms with Crippen LogP contribution in [-0.2, 0) is 6.61 Å². The molecule has 1 heterocycles. The minimum Gasteiger partial charge on any atom is -0.431 e. The summed E-state index contributed by atoms with van der Waals surface area (Å²) in [7, 11) is 1.88. The molecule has 0 unspecified atom stereocenters. The summed E-state index contributed by atoms with van der Waals surface area (Å²) in [5, 5.41) is 8.91. The van der Waals surface area contributed by atoms with Gasteiger partial charge in [-0.3, -0.25) is 4.90 Å². The average Bonchev–Trinajstić information content (AvgIpc) is 2.76. The molecule has 0 radical (unpaired) electrons. The molecule has 4 nitrogen and oxygen atoms in total. The van der Waals surface area contributed by atoms with E-state index in [1.807, 2.05) is 43.1 Å². The number of oxazole rings is 1. The zero-order valence-corrected chi connectivity index (χ0v) is 9.34. The van der Waals surface area contributed by atoms with E-state index in [9.17, 15) is 0 Å². The molecule has 0 amide bonds. The van der Waals surface area contributed by atoms with Crippen molar-refractivity contribution in [2.24, 2.45) is 0 Å². The highest BCUT2D eigenvalue weighted by atomic mass is 16.4. The van der Waals surface area contributed by atoms with Gasteiger partial charge in [0, 0.05) is 12.7 Å². The van der Waals surface area contributed by atoms with Crippen LogP contribution in [-0.4, -0.2) is 17.1 Å². The van der Waals surface area contributed by atoms with Gasteiger partial charge in [-0.25, -0.2) is 0 Å². The number of aliphatic hydroxyl groups excluding tert-OH is 1. The number of hydrogen-bond donors (Lipinski definition) is 1. The van der Waals surface area contributed by atoms with Gasteiger partial charge in [0.1, 0.15) is 12.0 Å². The standard InChI is InChI=1S/C12H14N2O2/c1-9-4-3-5-11(6-9)14(2)12-13-10(7-15)8-16-12/h3-6,8,15H,7H2,1-2H3. The van der Waals surface area contributed by atoms with Crippen molar-refractivity contribution in [2.75, 3.05) is 11.9 Å². The van der Waals surface area contributed by atoms with Crippen molar-refractivity contribution in [3.63, 3.8) is 0 Å². The Labute approximate surface area is 94.2 Å². The maximum atomic E-state index is 8.91. The molecule has 0 spiro atoms. The summed E-state index contributed by atoms with van der Waals surface area (Å²) < 4.78 is 5.27. The summed E-state index contributed by atoms with van der Waals surface area (Å²) >= 11 is 0. The van der Waals surface area contributed by atoms with Crippen LogP contribution >= 0.6 is 0 Å². The number of benzene rings is 1. The lowest BCUT2D eigenvalue weighted by Crippen LogP contribution is -2.09. The number of aliphatic hydroxyl groups is 1. The molecule has 4 heteroatoms. The molecule has 0 aliphatic heterocycles. The Morgan fingerprint density at radius 2 is 2.25 bits per heavy atom. The number of nitrogens with zero attached hydrogens (tertiary/aromatic N) is 2. The smallest absolute Gasteiger partial charge is 0.301 e. The topological polar surface area (TPSA) is 49.5 Å². The number of aromatic nitrogens is 1. The summed E-state index contributed by atoms with van der Waals surface area (Å²) in [5.41, 5.74) is 2.72. The number of anilines is 2. The van der Waals surface area contributed by atoms with Gasteiger partial charge in [-0.05, 0) is 24.6 Å². The van der Waals surface area contributed by atoms with E-state index in [1.54, 1.807) is 0 Å². The van der Waals surface area contributed by atoms with E-state index in [-0.39, 0.29) is 6.61 Å². The van der Waals surface area contributed by atoms with Crippen molar-refractivity contribution in [3.8, 4) is 0 Å². The normalized spacial score (nSPS) is 10.4. The van der Waals surface area contributed by atoms with E-state index >= 15 is 0 Å². The lowest BCUT2D eigenvalue weighted by atomic mass is 10.2. The number of aryl methyl sites for hydroxylation is 1. The average molecular weight is 218 g/mol. The Kier molecular flexibility index (Phi) is 2.92. The summed E-state index contributed by atoms with van der Waals surface area (Å²) in [6.45, 7) is 1.93. The first-order valence-electron chi connectivity index (χ1n) is 5.06. The third kappa shape index (κ3) is 2.06. The molecule has 0 fully saturated rings. The number of rotatable bonds is 3. The SMILES string of the molecule is Cc1cccc(N(C)c2nc(CO)co2)c1. The molecule has 0 bridgehead atoms. The minimum absolute atomic E-state index is 0.106. The zero-order valence-electron chi connectivity index (χ0n) is 9.34. The maximum Gasteiger partial charge on any atom is 0.301 e. The van der Waals surface area contributed by atoms with E-state index in [2.05, 4.69) is 4.98 Å². The van der Waals surface area contributed by atoms with Crippen molar-refractivity contribution in [3.05, 3.63) is 41.8 Å². The molecule has 2 rings (SSSR count). The van der Waals surface area contributed by atoms with Gasteiger partial charge in [0.15, 0.2) is 0 Å². The fourth-order valence-corrected chi connectivity index (χ4v) is 1.47. The first-order chi connectivity index (χ1) is 7.70. The Bertz CT molecular complexity index is 479. The van der Waals surface area contributed by atoms with E-state index in [1.165, 1.54) is 11.8 Å². The predicted molar refractivity (Wildman–Crippen MR) is 61.7 cm³/mol. The van der Waals surface area contributed by atoms with E-state index in [0.717, 1.165) is 5.69 Å². The third-order valence-electron chi connectivity index (χ3n) is 2.38. The fourth-order valence-electron chi connectivity index (χ4n) is 1.47.